The minimum absolute atomic E-state index is 0.0734. The number of halogens is 3. The van der Waals surface area contributed by atoms with Crippen molar-refractivity contribution in [1.29, 1.82) is 0 Å². The zero-order chi connectivity index (χ0) is 15.6. The van der Waals surface area contributed by atoms with Crippen LogP contribution >= 0.6 is 34.2 Å². The third kappa shape index (κ3) is 3.67. The minimum Gasteiger partial charge on any atom is -0.478 e. The number of amides is 1. The standard InChI is InChI=1S/C13H7ClFIN2O3/c14-11-9(3-6(15)5-17-11)12(19)18-10-2-1-7(16)4-8(10)13(20)21/h1-5H,(H,18,19)(H,20,21). The highest BCUT2D eigenvalue weighted by Gasteiger charge is 2.17. The fraction of sp³-hybridized carbons (Fsp3) is 0. The summed E-state index contributed by atoms with van der Waals surface area (Å²) in [5.41, 5.74) is -0.157. The first kappa shape index (κ1) is 15.6. The average molecular weight is 421 g/mol. The van der Waals surface area contributed by atoms with E-state index in [1.165, 1.54) is 12.1 Å². The molecule has 1 heterocycles. The van der Waals surface area contributed by atoms with E-state index in [0.29, 0.717) is 3.57 Å². The van der Waals surface area contributed by atoms with E-state index < -0.39 is 17.7 Å². The van der Waals surface area contributed by atoms with Crippen LogP contribution in [0.5, 0.6) is 0 Å². The first-order valence-electron chi connectivity index (χ1n) is 5.53. The third-order valence-electron chi connectivity index (χ3n) is 2.51. The Labute approximate surface area is 137 Å². The summed E-state index contributed by atoms with van der Waals surface area (Å²) >= 11 is 7.68. The first-order chi connectivity index (χ1) is 9.88. The van der Waals surface area contributed by atoms with E-state index in [1.54, 1.807) is 6.07 Å². The van der Waals surface area contributed by atoms with Crippen molar-refractivity contribution < 1.29 is 19.1 Å². The Hall–Kier alpha value is -1.74. The molecular weight excluding hydrogens is 414 g/mol. The molecule has 1 aromatic carbocycles. The van der Waals surface area contributed by atoms with Crippen molar-refractivity contribution in [1.82, 2.24) is 4.98 Å². The highest BCUT2D eigenvalue weighted by Crippen LogP contribution is 2.21. The zero-order valence-electron chi connectivity index (χ0n) is 10.2. The van der Waals surface area contributed by atoms with Crippen LogP contribution in [0.2, 0.25) is 5.15 Å². The largest absolute Gasteiger partial charge is 0.478 e. The summed E-state index contributed by atoms with van der Waals surface area (Å²) in [6.45, 7) is 0. The summed E-state index contributed by atoms with van der Waals surface area (Å²) in [5, 5.41) is 11.3. The van der Waals surface area contributed by atoms with Gasteiger partial charge in [0.05, 0.1) is 23.0 Å². The zero-order valence-corrected chi connectivity index (χ0v) is 13.1. The van der Waals surface area contributed by atoms with Crippen molar-refractivity contribution in [2.45, 2.75) is 0 Å². The Morgan fingerprint density at radius 1 is 1.29 bits per heavy atom. The van der Waals surface area contributed by atoms with Gasteiger partial charge in [-0.1, -0.05) is 11.6 Å². The molecule has 2 rings (SSSR count). The molecule has 1 aromatic heterocycles. The molecule has 1 amide bonds. The maximum atomic E-state index is 13.1. The molecule has 0 atom stereocenters. The summed E-state index contributed by atoms with van der Waals surface area (Å²) in [7, 11) is 0. The summed E-state index contributed by atoms with van der Waals surface area (Å²) in [5.74, 6) is -2.64. The van der Waals surface area contributed by atoms with Crippen LogP contribution in [0.25, 0.3) is 0 Å². The number of aromatic nitrogens is 1. The number of aromatic carboxylic acids is 1. The number of benzene rings is 1. The minimum atomic E-state index is -1.19. The van der Waals surface area contributed by atoms with E-state index in [-0.39, 0.29) is 22.0 Å². The van der Waals surface area contributed by atoms with Crippen LogP contribution in [0.3, 0.4) is 0 Å². The van der Waals surface area contributed by atoms with Crippen molar-refractivity contribution >= 4 is 51.8 Å². The Bertz CT molecular complexity index is 739. The Kier molecular flexibility index (Phi) is 4.73. The smallest absolute Gasteiger partial charge is 0.337 e. The number of pyridine rings is 1. The third-order valence-corrected chi connectivity index (χ3v) is 3.48. The van der Waals surface area contributed by atoms with E-state index in [1.807, 2.05) is 22.6 Å². The van der Waals surface area contributed by atoms with Gasteiger partial charge in [0, 0.05) is 3.57 Å². The Morgan fingerprint density at radius 3 is 2.67 bits per heavy atom. The lowest BCUT2D eigenvalue weighted by atomic mass is 10.1. The van der Waals surface area contributed by atoms with E-state index >= 15 is 0 Å². The topological polar surface area (TPSA) is 79.3 Å². The molecule has 8 heteroatoms. The second-order valence-corrected chi connectivity index (χ2v) is 5.54. The number of hydrogen-bond acceptors (Lipinski definition) is 3. The molecule has 0 saturated heterocycles. The fourth-order valence-corrected chi connectivity index (χ4v) is 2.25. The van der Waals surface area contributed by atoms with Crippen LogP contribution in [0.4, 0.5) is 10.1 Å². The highest BCUT2D eigenvalue weighted by molar-refractivity contribution is 14.1. The number of anilines is 1. The molecule has 0 fully saturated rings. The molecule has 21 heavy (non-hydrogen) atoms. The van der Waals surface area contributed by atoms with Gasteiger partial charge in [0.25, 0.3) is 5.91 Å². The number of hydrogen-bond donors (Lipinski definition) is 2. The molecule has 0 aliphatic rings. The van der Waals surface area contributed by atoms with Gasteiger partial charge in [-0.15, -0.1) is 0 Å². The molecule has 0 aliphatic heterocycles. The van der Waals surface area contributed by atoms with Gasteiger partial charge in [-0.05, 0) is 46.9 Å². The molecule has 0 bridgehead atoms. The molecule has 0 unspecified atom stereocenters. The molecule has 2 aromatic rings. The number of rotatable bonds is 3. The molecule has 0 radical (unpaired) electrons. The number of nitrogens with one attached hydrogen (secondary N) is 1. The summed E-state index contributed by atoms with van der Waals surface area (Å²) in [6.07, 6.45) is 0.882. The summed E-state index contributed by atoms with van der Waals surface area (Å²) in [4.78, 5) is 26.7. The number of carbonyl (C=O) groups is 2. The molecule has 5 nitrogen and oxygen atoms in total. The van der Waals surface area contributed by atoms with Gasteiger partial charge < -0.3 is 10.4 Å². The van der Waals surface area contributed by atoms with Crippen molar-refractivity contribution in [3.63, 3.8) is 0 Å². The first-order valence-corrected chi connectivity index (χ1v) is 6.99. The van der Waals surface area contributed by atoms with E-state index in [4.69, 9.17) is 16.7 Å². The number of carboxylic acids is 1. The predicted octanol–water partition coefficient (Wildman–Crippen LogP) is 3.43. The van der Waals surface area contributed by atoms with Crippen LogP contribution in [-0.4, -0.2) is 22.0 Å². The Morgan fingerprint density at radius 2 is 2.00 bits per heavy atom. The number of carboxylic acid groups (broad SMARTS) is 1. The van der Waals surface area contributed by atoms with Crippen LogP contribution in [0, 0.1) is 9.39 Å². The van der Waals surface area contributed by atoms with Crippen molar-refractivity contribution in [3.05, 3.63) is 56.1 Å². The van der Waals surface area contributed by atoms with Gasteiger partial charge in [-0.2, -0.15) is 0 Å². The fourth-order valence-electron chi connectivity index (χ4n) is 1.57. The predicted molar refractivity (Wildman–Crippen MR) is 83.3 cm³/mol. The molecule has 0 saturated carbocycles. The number of nitrogens with zero attached hydrogens (tertiary/aromatic N) is 1. The van der Waals surface area contributed by atoms with E-state index in [9.17, 15) is 14.0 Å². The van der Waals surface area contributed by atoms with Gasteiger partial charge in [0.15, 0.2) is 0 Å². The van der Waals surface area contributed by atoms with Crippen molar-refractivity contribution in [2.75, 3.05) is 5.32 Å². The van der Waals surface area contributed by atoms with Gasteiger partial charge in [0.2, 0.25) is 0 Å². The Balaban J connectivity index is 2.36. The van der Waals surface area contributed by atoms with Gasteiger partial charge in [-0.3, -0.25) is 4.79 Å². The average Bonchev–Trinajstić information content (AvgIpc) is 2.43. The van der Waals surface area contributed by atoms with Gasteiger partial charge >= 0.3 is 5.97 Å². The highest BCUT2D eigenvalue weighted by atomic mass is 127. The maximum absolute atomic E-state index is 13.1. The molecule has 108 valence electrons. The van der Waals surface area contributed by atoms with Crippen molar-refractivity contribution in [2.24, 2.45) is 0 Å². The second kappa shape index (κ2) is 6.35. The monoisotopic (exact) mass is 420 g/mol. The summed E-state index contributed by atoms with van der Waals surface area (Å²) < 4.78 is 13.8. The molecule has 0 aliphatic carbocycles. The normalized spacial score (nSPS) is 10.2. The SMILES string of the molecule is O=C(O)c1cc(I)ccc1NC(=O)c1cc(F)cnc1Cl. The second-order valence-electron chi connectivity index (χ2n) is 3.94. The van der Waals surface area contributed by atoms with Gasteiger partial charge in [-0.25, -0.2) is 14.2 Å². The van der Waals surface area contributed by atoms with Crippen LogP contribution in [0.15, 0.2) is 30.5 Å². The molecule has 2 N–H and O–H groups in total. The van der Waals surface area contributed by atoms with Crippen LogP contribution in [0.1, 0.15) is 20.7 Å². The lowest BCUT2D eigenvalue weighted by Crippen LogP contribution is -2.16. The maximum Gasteiger partial charge on any atom is 0.337 e. The number of carbonyl (C=O) groups excluding carboxylic acids is 1. The van der Waals surface area contributed by atoms with E-state index in [2.05, 4.69) is 10.3 Å². The van der Waals surface area contributed by atoms with Crippen LogP contribution in [-0.2, 0) is 0 Å². The van der Waals surface area contributed by atoms with Crippen molar-refractivity contribution in [3.8, 4) is 0 Å². The van der Waals surface area contributed by atoms with Crippen LogP contribution < -0.4 is 5.32 Å². The molecular formula is C13H7ClFIN2O3. The van der Waals surface area contributed by atoms with E-state index in [0.717, 1.165) is 12.3 Å². The summed E-state index contributed by atoms with van der Waals surface area (Å²) in [6, 6.07) is 5.42. The molecule has 0 spiro atoms. The van der Waals surface area contributed by atoms with Gasteiger partial charge in [0.1, 0.15) is 11.0 Å². The lowest BCUT2D eigenvalue weighted by molar-refractivity contribution is 0.0698. The quantitative estimate of drug-likeness (QED) is 0.589. The lowest BCUT2D eigenvalue weighted by Gasteiger charge is -2.09.